The summed E-state index contributed by atoms with van der Waals surface area (Å²) in [6, 6.07) is 6.30. The number of halogens is 1. The highest BCUT2D eigenvalue weighted by atomic mass is 35.5. The molecule has 0 bridgehead atoms. The van der Waals surface area contributed by atoms with Crippen LogP contribution in [0, 0.1) is 0 Å². The summed E-state index contributed by atoms with van der Waals surface area (Å²) >= 11 is 7.90. The van der Waals surface area contributed by atoms with Crippen molar-refractivity contribution in [3.63, 3.8) is 0 Å². The smallest absolute Gasteiger partial charge is 0.326 e. The molecule has 1 aliphatic heterocycles. The van der Waals surface area contributed by atoms with Gasteiger partial charge in [0.1, 0.15) is 16.8 Å². The quantitative estimate of drug-likeness (QED) is 0.378. The van der Waals surface area contributed by atoms with Crippen molar-refractivity contribution in [2.75, 3.05) is 19.4 Å². The molecule has 4 rings (SSSR count). The zero-order valence-electron chi connectivity index (χ0n) is 19.9. The van der Waals surface area contributed by atoms with E-state index in [-0.39, 0.29) is 33.6 Å². The Morgan fingerprint density at radius 2 is 1.89 bits per heavy atom. The number of esters is 1. The van der Waals surface area contributed by atoms with Gasteiger partial charge in [-0.3, -0.25) is 9.59 Å². The highest BCUT2D eigenvalue weighted by Gasteiger charge is 2.38. The van der Waals surface area contributed by atoms with Crippen LogP contribution in [0.5, 0.6) is 0 Å². The first-order valence-corrected chi connectivity index (χ1v) is 16.6. The van der Waals surface area contributed by atoms with E-state index in [1.165, 1.54) is 28.8 Å². The minimum absolute atomic E-state index is 0.0461. The maximum atomic E-state index is 13.4. The summed E-state index contributed by atoms with van der Waals surface area (Å²) in [6.07, 6.45) is 2.63. The van der Waals surface area contributed by atoms with Gasteiger partial charge in [-0.1, -0.05) is 29.4 Å². The van der Waals surface area contributed by atoms with Gasteiger partial charge in [-0.05, 0) is 50.1 Å². The number of thiazole rings is 1. The summed E-state index contributed by atoms with van der Waals surface area (Å²) in [7, 11) is -7.46. The summed E-state index contributed by atoms with van der Waals surface area (Å²) in [4.78, 5) is 30.2. The Labute approximate surface area is 227 Å². The molecule has 0 saturated carbocycles. The van der Waals surface area contributed by atoms with E-state index in [1.54, 1.807) is 13.0 Å². The number of piperidine rings is 1. The third-order valence-electron chi connectivity index (χ3n) is 5.73. The molecule has 1 fully saturated rings. The lowest BCUT2D eigenvalue weighted by atomic mass is 10.0. The summed E-state index contributed by atoms with van der Waals surface area (Å²) in [5, 5.41) is 0. The Hall–Kier alpha value is -2.10. The molecule has 3 heterocycles. The molecule has 2 aromatic heterocycles. The van der Waals surface area contributed by atoms with Crippen molar-refractivity contribution in [2.24, 2.45) is 4.99 Å². The van der Waals surface area contributed by atoms with Crippen LogP contribution in [0.3, 0.4) is 0 Å². The number of fused-ring (bicyclic) bond motifs is 1. The lowest BCUT2D eigenvalue weighted by Crippen LogP contribution is -2.47. The topological polar surface area (TPSA) is 132 Å². The lowest BCUT2D eigenvalue weighted by molar-refractivity contribution is -0.143. The zero-order valence-corrected chi connectivity index (χ0v) is 23.9. The lowest BCUT2D eigenvalue weighted by Gasteiger charge is -2.31. The first kappa shape index (κ1) is 27.9. The van der Waals surface area contributed by atoms with E-state index in [0.717, 1.165) is 33.2 Å². The van der Waals surface area contributed by atoms with E-state index < -0.39 is 37.8 Å². The molecule has 1 saturated heterocycles. The standard InChI is InChI=1S/C22H24ClN3O7S4/c1-3-33-19(27)13-25-15-8-7-14(36(2,29)30)12-17(15)34-22(25)24-21(28)16-6-4-5-11-26(16)37(31,32)20-10-9-18(23)35-20/h7-10,12,16H,3-6,11,13H2,1-2H3. The van der Waals surface area contributed by atoms with Crippen molar-refractivity contribution in [1.82, 2.24) is 8.87 Å². The number of hydrogen-bond donors (Lipinski definition) is 0. The van der Waals surface area contributed by atoms with Crippen LogP contribution in [0.25, 0.3) is 10.2 Å². The summed E-state index contributed by atoms with van der Waals surface area (Å²) in [5.41, 5.74) is 0.498. The largest absolute Gasteiger partial charge is 0.465 e. The zero-order chi connectivity index (χ0) is 27.0. The molecule has 0 radical (unpaired) electrons. The molecule has 0 aliphatic carbocycles. The monoisotopic (exact) mass is 605 g/mol. The first-order valence-electron chi connectivity index (χ1n) is 11.3. The molecule has 1 amide bonds. The number of nitrogens with zero attached hydrogens (tertiary/aromatic N) is 3. The van der Waals surface area contributed by atoms with Gasteiger partial charge in [0, 0.05) is 12.8 Å². The van der Waals surface area contributed by atoms with Crippen LogP contribution >= 0.6 is 34.3 Å². The minimum atomic E-state index is -3.97. The fourth-order valence-electron chi connectivity index (χ4n) is 4.02. The number of amides is 1. The minimum Gasteiger partial charge on any atom is -0.465 e. The number of thiophene rings is 1. The van der Waals surface area contributed by atoms with Gasteiger partial charge in [0.05, 0.1) is 26.1 Å². The molecule has 200 valence electrons. The van der Waals surface area contributed by atoms with Gasteiger partial charge in [0.25, 0.3) is 15.9 Å². The highest BCUT2D eigenvalue weighted by Crippen LogP contribution is 2.32. The molecule has 1 aromatic carbocycles. The molecular formula is C22H24ClN3O7S4. The van der Waals surface area contributed by atoms with Gasteiger partial charge in [0.15, 0.2) is 14.6 Å². The van der Waals surface area contributed by atoms with Crippen molar-refractivity contribution in [1.29, 1.82) is 0 Å². The van der Waals surface area contributed by atoms with Crippen molar-refractivity contribution >= 4 is 76.2 Å². The van der Waals surface area contributed by atoms with Gasteiger partial charge >= 0.3 is 5.97 Å². The second kappa shape index (κ2) is 10.9. The summed E-state index contributed by atoms with van der Waals surface area (Å²) in [6.45, 7) is 1.74. The van der Waals surface area contributed by atoms with Crippen molar-refractivity contribution in [3.8, 4) is 0 Å². The molecule has 1 atom stereocenters. The van der Waals surface area contributed by atoms with Crippen LogP contribution in [0.1, 0.15) is 26.2 Å². The van der Waals surface area contributed by atoms with E-state index in [2.05, 4.69) is 4.99 Å². The Morgan fingerprint density at radius 3 is 2.54 bits per heavy atom. The van der Waals surface area contributed by atoms with Crippen LogP contribution in [-0.2, 0) is 40.7 Å². The Kier molecular flexibility index (Phi) is 8.26. The van der Waals surface area contributed by atoms with E-state index >= 15 is 0 Å². The van der Waals surface area contributed by atoms with Crippen molar-refractivity contribution < 1.29 is 31.2 Å². The molecular weight excluding hydrogens is 582 g/mol. The first-order chi connectivity index (χ1) is 17.4. The second-order valence-electron chi connectivity index (χ2n) is 8.31. The van der Waals surface area contributed by atoms with Crippen LogP contribution in [-0.4, -0.2) is 63.0 Å². The van der Waals surface area contributed by atoms with E-state index in [9.17, 15) is 26.4 Å². The number of rotatable bonds is 7. The van der Waals surface area contributed by atoms with E-state index in [0.29, 0.717) is 33.8 Å². The third-order valence-corrected chi connectivity index (χ3v) is 11.5. The van der Waals surface area contributed by atoms with Crippen molar-refractivity contribution in [3.05, 3.63) is 39.5 Å². The number of carbonyl (C=O) groups excluding carboxylic acids is 2. The van der Waals surface area contributed by atoms with Gasteiger partial charge in [0.2, 0.25) is 0 Å². The Morgan fingerprint density at radius 1 is 1.14 bits per heavy atom. The number of ether oxygens (including phenoxy) is 1. The van der Waals surface area contributed by atoms with E-state index in [1.807, 2.05) is 0 Å². The number of aromatic nitrogens is 1. The molecule has 0 N–H and O–H groups in total. The van der Waals surface area contributed by atoms with Crippen LogP contribution in [0.15, 0.2) is 44.4 Å². The maximum Gasteiger partial charge on any atom is 0.326 e. The average molecular weight is 606 g/mol. The SMILES string of the molecule is CCOC(=O)Cn1c(=NC(=O)C2CCCCN2S(=O)(=O)c2ccc(Cl)s2)sc2cc(S(C)(=O)=O)ccc21. The normalized spacial score (nSPS) is 17.8. The Balaban J connectivity index is 1.79. The predicted octanol–water partition coefficient (Wildman–Crippen LogP) is 3.06. The van der Waals surface area contributed by atoms with Gasteiger partial charge in [-0.15, -0.1) is 11.3 Å². The predicted molar refractivity (Wildman–Crippen MR) is 141 cm³/mol. The molecule has 1 unspecified atom stereocenters. The third kappa shape index (κ3) is 5.99. The van der Waals surface area contributed by atoms with Crippen LogP contribution < -0.4 is 4.80 Å². The molecule has 37 heavy (non-hydrogen) atoms. The average Bonchev–Trinajstić information content (AvgIpc) is 3.42. The van der Waals surface area contributed by atoms with Crippen LogP contribution in [0.2, 0.25) is 4.34 Å². The van der Waals surface area contributed by atoms with Crippen LogP contribution in [0.4, 0.5) is 0 Å². The summed E-state index contributed by atoms with van der Waals surface area (Å²) < 4.78 is 59.2. The van der Waals surface area contributed by atoms with Crippen molar-refractivity contribution in [2.45, 2.75) is 47.9 Å². The molecule has 3 aromatic rings. The van der Waals surface area contributed by atoms with Gasteiger partial charge in [-0.2, -0.15) is 9.30 Å². The molecule has 1 aliphatic rings. The number of sulfone groups is 1. The second-order valence-corrected chi connectivity index (χ2v) is 15.2. The molecule has 10 nitrogen and oxygen atoms in total. The number of sulfonamides is 1. The number of carbonyl (C=O) groups is 2. The van der Waals surface area contributed by atoms with Gasteiger partial charge < -0.3 is 9.30 Å². The summed E-state index contributed by atoms with van der Waals surface area (Å²) in [5.74, 6) is -1.22. The number of hydrogen-bond acceptors (Lipinski definition) is 9. The highest BCUT2D eigenvalue weighted by molar-refractivity contribution is 7.91. The van der Waals surface area contributed by atoms with E-state index in [4.69, 9.17) is 16.3 Å². The van der Waals surface area contributed by atoms with Gasteiger partial charge in [-0.25, -0.2) is 16.8 Å². The fourth-order valence-corrected chi connectivity index (χ4v) is 9.08. The fraction of sp³-hybridized carbons (Fsp3) is 0.409. The molecule has 0 spiro atoms. The molecule has 15 heteroatoms. The maximum absolute atomic E-state index is 13.4. The Bertz CT molecular complexity index is 1640. The number of benzene rings is 1.